The summed E-state index contributed by atoms with van der Waals surface area (Å²) in [6, 6.07) is 5.66. The number of carbonyl (C=O) groups excluding carboxylic acids is 1. The van der Waals surface area contributed by atoms with Gasteiger partial charge in [0.25, 0.3) is 0 Å². The zero-order valence-corrected chi connectivity index (χ0v) is 16.4. The van der Waals surface area contributed by atoms with Crippen molar-refractivity contribution < 1.29 is 9.18 Å². The monoisotopic (exact) mass is 396 g/mol. The van der Waals surface area contributed by atoms with Gasteiger partial charge in [-0.25, -0.2) is 9.07 Å². The maximum Gasteiger partial charge on any atom is 0.245 e. The van der Waals surface area contributed by atoms with E-state index in [2.05, 4.69) is 33.1 Å². The van der Waals surface area contributed by atoms with Crippen molar-refractivity contribution in [1.82, 2.24) is 30.8 Å². The maximum absolute atomic E-state index is 13.5. The molecular formula is C18H26ClFN6O. The van der Waals surface area contributed by atoms with E-state index in [4.69, 9.17) is 0 Å². The lowest BCUT2D eigenvalue weighted by molar-refractivity contribution is -0.125. The molecule has 1 aliphatic rings. The van der Waals surface area contributed by atoms with Crippen LogP contribution in [0, 0.1) is 18.2 Å². The van der Waals surface area contributed by atoms with Gasteiger partial charge in [0.2, 0.25) is 5.91 Å². The summed E-state index contributed by atoms with van der Waals surface area (Å²) in [5.74, 6) is 0.0800. The molecule has 3 rings (SSSR count). The number of tetrazole rings is 1. The first kappa shape index (κ1) is 21.2. The van der Waals surface area contributed by atoms with E-state index in [1.54, 1.807) is 19.1 Å². The smallest absolute Gasteiger partial charge is 0.245 e. The van der Waals surface area contributed by atoms with Crippen LogP contribution in [0.2, 0.25) is 0 Å². The molecule has 27 heavy (non-hydrogen) atoms. The highest BCUT2D eigenvalue weighted by Gasteiger charge is 2.30. The zero-order chi connectivity index (χ0) is 18.6. The predicted octanol–water partition coefficient (Wildman–Crippen LogP) is 1.83. The van der Waals surface area contributed by atoms with Gasteiger partial charge >= 0.3 is 0 Å². The Balaban J connectivity index is 0.00000261. The quantitative estimate of drug-likeness (QED) is 0.778. The number of halogens is 2. The number of benzene rings is 1. The first-order valence-electron chi connectivity index (χ1n) is 8.94. The lowest BCUT2D eigenvalue weighted by Crippen LogP contribution is -2.45. The molecule has 7 nitrogen and oxygen atoms in total. The molecule has 2 heterocycles. The van der Waals surface area contributed by atoms with E-state index in [-0.39, 0.29) is 29.5 Å². The summed E-state index contributed by atoms with van der Waals surface area (Å²) in [4.78, 5) is 12.9. The number of hydrogen-bond acceptors (Lipinski definition) is 5. The summed E-state index contributed by atoms with van der Waals surface area (Å²) < 4.78 is 15.0. The number of hydrogen-bond donors (Lipinski definition) is 2. The van der Waals surface area contributed by atoms with Crippen LogP contribution in [0.4, 0.5) is 4.39 Å². The fraction of sp³-hybridized carbons (Fsp3) is 0.556. The third-order valence-corrected chi connectivity index (χ3v) is 5.07. The molecule has 0 aliphatic carbocycles. The molecule has 148 valence electrons. The summed E-state index contributed by atoms with van der Waals surface area (Å²) in [7, 11) is 0. The van der Waals surface area contributed by atoms with Crippen molar-refractivity contribution in [2.24, 2.45) is 5.41 Å². The van der Waals surface area contributed by atoms with Crippen LogP contribution in [0.5, 0.6) is 0 Å². The van der Waals surface area contributed by atoms with Crippen molar-refractivity contribution in [2.45, 2.75) is 39.2 Å². The highest BCUT2D eigenvalue weighted by Crippen LogP contribution is 2.27. The maximum atomic E-state index is 13.5. The minimum Gasteiger partial charge on any atom is -0.354 e. The summed E-state index contributed by atoms with van der Waals surface area (Å²) in [5, 5.41) is 17.9. The van der Waals surface area contributed by atoms with Crippen molar-refractivity contribution in [3.05, 3.63) is 41.5 Å². The predicted molar refractivity (Wildman–Crippen MR) is 102 cm³/mol. The Morgan fingerprint density at radius 3 is 2.78 bits per heavy atom. The van der Waals surface area contributed by atoms with Crippen LogP contribution in [0.3, 0.4) is 0 Å². The summed E-state index contributed by atoms with van der Waals surface area (Å²) >= 11 is 0. The van der Waals surface area contributed by atoms with Crippen molar-refractivity contribution >= 4 is 18.3 Å². The standard InChI is InChI=1S/C18H25FN6O.ClH/c1-13-22-23-24-25(13)16(11-14-4-3-5-15(19)10-14)17(26)21-12-18(2)6-8-20-9-7-18;/h3-5,10,16,20H,6-9,11-12H2,1-2H3,(H,21,26);1H. The Hall–Kier alpha value is -2.06. The van der Waals surface area contributed by atoms with Gasteiger partial charge in [-0.15, -0.1) is 17.5 Å². The van der Waals surface area contributed by atoms with E-state index in [0.717, 1.165) is 31.5 Å². The Morgan fingerprint density at radius 2 is 2.15 bits per heavy atom. The number of amides is 1. The fourth-order valence-electron chi connectivity index (χ4n) is 3.33. The molecule has 1 saturated heterocycles. The second-order valence-corrected chi connectivity index (χ2v) is 7.30. The Kier molecular flexibility index (Phi) is 7.26. The van der Waals surface area contributed by atoms with Crippen molar-refractivity contribution in [3.63, 3.8) is 0 Å². The second-order valence-electron chi connectivity index (χ2n) is 7.30. The van der Waals surface area contributed by atoms with Gasteiger partial charge in [-0.1, -0.05) is 19.1 Å². The van der Waals surface area contributed by atoms with Gasteiger partial charge in [0.15, 0.2) is 0 Å². The topological polar surface area (TPSA) is 84.7 Å². The van der Waals surface area contributed by atoms with Gasteiger partial charge in [0.1, 0.15) is 17.7 Å². The van der Waals surface area contributed by atoms with Crippen LogP contribution in [0.15, 0.2) is 24.3 Å². The summed E-state index contributed by atoms with van der Waals surface area (Å²) in [5.41, 5.74) is 0.813. The molecule has 1 aromatic carbocycles. The molecule has 0 bridgehead atoms. The largest absolute Gasteiger partial charge is 0.354 e. The lowest BCUT2D eigenvalue weighted by Gasteiger charge is -2.34. The van der Waals surface area contributed by atoms with E-state index < -0.39 is 6.04 Å². The minimum absolute atomic E-state index is 0. The van der Waals surface area contributed by atoms with E-state index in [0.29, 0.717) is 18.8 Å². The number of nitrogens with zero attached hydrogens (tertiary/aromatic N) is 4. The van der Waals surface area contributed by atoms with E-state index in [1.807, 2.05) is 0 Å². The number of nitrogens with one attached hydrogen (secondary N) is 2. The summed E-state index contributed by atoms with van der Waals surface area (Å²) in [6.07, 6.45) is 2.37. The van der Waals surface area contributed by atoms with Gasteiger partial charge < -0.3 is 10.6 Å². The number of carbonyl (C=O) groups is 1. The highest BCUT2D eigenvalue weighted by atomic mass is 35.5. The molecule has 0 radical (unpaired) electrons. The van der Waals surface area contributed by atoms with Gasteiger partial charge in [-0.05, 0) is 66.4 Å². The Bertz CT molecular complexity index is 762. The average Bonchev–Trinajstić information content (AvgIpc) is 3.04. The van der Waals surface area contributed by atoms with Gasteiger partial charge in [-0.2, -0.15) is 0 Å². The van der Waals surface area contributed by atoms with Crippen molar-refractivity contribution in [3.8, 4) is 0 Å². The third kappa shape index (κ3) is 5.46. The minimum atomic E-state index is -0.614. The molecule has 1 fully saturated rings. The molecule has 0 saturated carbocycles. The van der Waals surface area contributed by atoms with Gasteiger partial charge in [0, 0.05) is 13.0 Å². The van der Waals surface area contributed by atoms with Gasteiger partial charge in [0.05, 0.1) is 0 Å². The zero-order valence-electron chi connectivity index (χ0n) is 15.6. The summed E-state index contributed by atoms with van der Waals surface area (Å²) in [6.45, 7) is 6.47. The van der Waals surface area contributed by atoms with E-state index in [9.17, 15) is 9.18 Å². The van der Waals surface area contributed by atoms with Crippen LogP contribution >= 0.6 is 12.4 Å². The number of aryl methyl sites for hydroxylation is 1. The SMILES string of the molecule is Cc1nnnn1C(Cc1cccc(F)c1)C(=O)NCC1(C)CCNCC1.Cl. The first-order chi connectivity index (χ1) is 12.5. The van der Waals surface area contributed by atoms with Crippen LogP contribution in [-0.2, 0) is 11.2 Å². The van der Waals surface area contributed by atoms with Gasteiger partial charge in [-0.3, -0.25) is 4.79 Å². The number of aromatic nitrogens is 4. The normalized spacial score (nSPS) is 17.0. The number of rotatable bonds is 6. The Morgan fingerprint density at radius 1 is 1.41 bits per heavy atom. The lowest BCUT2D eigenvalue weighted by atomic mass is 9.81. The van der Waals surface area contributed by atoms with Crippen molar-refractivity contribution in [1.29, 1.82) is 0 Å². The molecular weight excluding hydrogens is 371 g/mol. The molecule has 2 aromatic rings. The van der Waals surface area contributed by atoms with Crippen LogP contribution < -0.4 is 10.6 Å². The Labute approximate surface area is 164 Å². The molecule has 1 unspecified atom stereocenters. The fourth-order valence-corrected chi connectivity index (χ4v) is 3.33. The second kappa shape index (κ2) is 9.23. The van der Waals surface area contributed by atoms with Crippen molar-refractivity contribution in [2.75, 3.05) is 19.6 Å². The molecule has 1 aliphatic heterocycles. The van der Waals surface area contributed by atoms with E-state index >= 15 is 0 Å². The van der Waals surface area contributed by atoms with Crippen LogP contribution in [0.25, 0.3) is 0 Å². The third-order valence-electron chi connectivity index (χ3n) is 5.07. The molecule has 9 heteroatoms. The molecule has 2 N–H and O–H groups in total. The van der Waals surface area contributed by atoms with E-state index in [1.165, 1.54) is 16.8 Å². The molecule has 1 amide bonds. The molecule has 1 atom stereocenters. The van der Waals surface area contributed by atoms with Crippen LogP contribution in [-0.4, -0.2) is 45.7 Å². The average molecular weight is 397 g/mol. The van der Waals surface area contributed by atoms with Crippen LogP contribution in [0.1, 0.15) is 37.2 Å². The first-order valence-corrected chi connectivity index (χ1v) is 8.94. The highest BCUT2D eigenvalue weighted by molar-refractivity contribution is 5.85. The number of piperidine rings is 1. The molecule has 1 aromatic heterocycles. The molecule has 0 spiro atoms.